The molecule has 2 aliphatic heterocycles. The Balaban J connectivity index is 1.90. The van der Waals surface area contributed by atoms with E-state index in [0.717, 1.165) is 6.04 Å². The number of piperazine rings is 1. The lowest BCUT2D eigenvalue weighted by atomic mass is 9.95. The molecule has 3 rings (SSSR count). The van der Waals surface area contributed by atoms with Crippen LogP contribution in [0.2, 0.25) is 0 Å². The van der Waals surface area contributed by atoms with Crippen LogP contribution in [-0.2, 0) is 0 Å². The second-order valence-corrected chi connectivity index (χ2v) is 7.64. The number of rotatable bonds is 2. The number of piperidine rings is 1. The smallest absolute Gasteiger partial charge is 0.0658 e. The zero-order valence-corrected chi connectivity index (χ0v) is 15.2. The molecule has 0 N–H and O–H groups in total. The van der Waals surface area contributed by atoms with Crippen molar-refractivity contribution in [3.05, 3.63) is 27.1 Å². The minimum atomic E-state index is 0.624. The summed E-state index contributed by atoms with van der Waals surface area (Å²) in [5.41, 5.74) is 1.34. The van der Waals surface area contributed by atoms with Gasteiger partial charge in [0.05, 0.1) is 5.69 Å². The second kappa shape index (κ2) is 6.37. The van der Waals surface area contributed by atoms with Gasteiger partial charge in [0.25, 0.3) is 0 Å². The average Bonchev–Trinajstić information content (AvgIpc) is 2.46. The summed E-state index contributed by atoms with van der Waals surface area (Å²) in [6.07, 6.45) is 5.33. The Bertz CT molecular complexity index is 457. The van der Waals surface area contributed by atoms with Gasteiger partial charge in [0.2, 0.25) is 0 Å². The summed E-state index contributed by atoms with van der Waals surface area (Å²) in [5, 5.41) is 0. The van der Waals surface area contributed by atoms with E-state index in [1.54, 1.807) is 0 Å². The van der Waals surface area contributed by atoms with Crippen molar-refractivity contribution in [2.75, 3.05) is 24.5 Å². The fourth-order valence-electron chi connectivity index (χ4n) is 3.64. The van der Waals surface area contributed by atoms with E-state index in [1.165, 1.54) is 60.0 Å². The van der Waals surface area contributed by atoms with Crippen LogP contribution in [0.1, 0.15) is 32.6 Å². The quantitative estimate of drug-likeness (QED) is 0.710. The van der Waals surface area contributed by atoms with Gasteiger partial charge in [-0.15, -0.1) is 0 Å². The number of halogens is 2. The van der Waals surface area contributed by atoms with E-state index in [9.17, 15) is 0 Å². The zero-order valence-electron chi connectivity index (χ0n) is 12.0. The van der Waals surface area contributed by atoms with E-state index in [-0.39, 0.29) is 0 Å². The molecule has 2 nitrogen and oxygen atoms in total. The summed E-state index contributed by atoms with van der Waals surface area (Å²) in [5.74, 6) is 0. The Kier molecular flexibility index (Phi) is 4.73. The summed E-state index contributed by atoms with van der Waals surface area (Å²) in [4.78, 5) is 5.35. The minimum Gasteiger partial charge on any atom is -0.364 e. The molecule has 0 radical (unpaired) electrons. The van der Waals surface area contributed by atoms with Crippen LogP contribution in [0.25, 0.3) is 0 Å². The first-order valence-corrected chi connectivity index (χ1v) is 9.24. The predicted octanol–water partition coefficient (Wildman–Crippen LogP) is 4.66. The number of benzene rings is 1. The number of hydrogen-bond donors (Lipinski definition) is 0. The monoisotopic (exact) mass is 400 g/mol. The molecule has 2 fully saturated rings. The van der Waals surface area contributed by atoms with Crippen LogP contribution in [0.15, 0.2) is 27.1 Å². The van der Waals surface area contributed by atoms with Gasteiger partial charge in [0.1, 0.15) is 0 Å². The molecule has 0 saturated carbocycles. The SMILES string of the molecule is CCC1CN2CCCCC2CN1c1c(Br)cccc1Br. The lowest BCUT2D eigenvalue weighted by Gasteiger charge is -2.49. The van der Waals surface area contributed by atoms with Crippen molar-refractivity contribution in [1.29, 1.82) is 0 Å². The molecular formula is C16H22Br2N2. The van der Waals surface area contributed by atoms with Crippen molar-refractivity contribution >= 4 is 37.5 Å². The highest BCUT2D eigenvalue weighted by atomic mass is 79.9. The topological polar surface area (TPSA) is 6.48 Å². The standard InChI is InChI=1S/C16H22Br2N2/c1-2-12-10-19-9-4-3-6-13(19)11-20(12)16-14(17)7-5-8-15(16)18/h5,7-8,12-13H,2-4,6,9-11H2,1H3. The van der Waals surface area contributed by atoms with Gasteiger partial charge in [-0.05, 0) is 69.8 Å². The van der Waals surface area contributed by atoms with E-state index in [2.05, 4.69) is 66.8 Å². The minimum absolute atomic E-state index is 0.624. The number of anilines is 1. The van der Waals surface area contributed by atoms with Crippen LogP contribution < -0.4 is 4.90 Å². The van der Waals surface area contributed by atoms with Gasteiger partial charge in [0, 0.05) is 34.1 Å². The normalized spacial score (nSPS) is 27.4. The Morgan fingerprint density at radius 3 is 2.60 bits per heavy atom. The third kappa shape index (κ3) is 2.79. The van der Waals surface area contributed by atoms with Crippen LogP contribution in [0, 0.1) is 0 Å². The van der Waals surface area contributed by atoms with Gasteiger partial charge >= 0.3 is 0 Å². The van der Waals surface area contributed by atoms with Crippen molar-refractivity contribution in [2.45, 2.75) is 44.7 Å². The molecule has 2 atom stereocenters. The fraction of sp³-hybridized carbons (Fsp3) is 0.625. The molecule has 2 heterocycles. The van der Waals surface area contributed by atoms with E-state index in [0.29, 0.717) is 6.04 Å². The third-order valence-corrected chi connectivity index (χ3v) is 6.02. The second-order valence-electron chi connectivity index (χ2n) is 5.93. The van der Waals surface area contributed by atoms with Gasteiger partial charge in [-0.2, -0.15) is 0 Å². The van der Waals surface area contributed by atoms with Gasteiger partial charge in [-0.25, -0.2) is 0 Å². The molecule has 4 heteroatoms. The van der Waals surface area contributed by atoms with E-state index < -0.39 is 0 Å². The summed E-state index contributed by atoms with van der Waals surface area (Å²) in [7, 11) is 0. The summed E-state index contributed by atoms with van der Waals surface area (Å²) >= 11 is 7.48. The van der Waals surface area contributed by atoms with Gasteiger partial charge in [-0.1, -0.05) is 19.4 Å². The predicted molar refractivity (Wildman–Crippen MR) is 92.5 cm³/mol. The van der Waals surface area contributed by atoms with Crippen LogP contribution >= 0.6 is 31.9 Å². The molecular weight excluding hydrogens is 380 g/mol. The molecule has 20 heavy (non-hydrogen) atoms. The maximum Gasteiger partial charge on any atom is 0.0658 e. The highest BCUT2D eigenvalue weighted by molar-refractivity contribution is 9.11. The van der Waals surface area contributed by atoms with Crippen LogP contribution in [-0.4, -0.2) is 36.6 Å². The fourth-order valence-corrected chi connectivity index (χ4v) is 5.09. The molecule has 0 spiro atoms. The van der Waals surface area contributed by atoms with Crippen LogP contribution in [0.4, 0.5) is 5.69 Å². The van der Waals surface area contributed by atoms with E-state index in [4.69, 9.17) is 0 Å². The van der Waals surface area contributed by atoms with Crippen molar-refractivity contribution < 1.29 is 0 Å². The molecule has 1 aromatic carbocycles. The highest BCUT2D eigenvalue weighted by Gasteiger charge is 2.35. The Morgan fingerprint density at radius 2 is 1.90 bits per heavy atom. The highest BCUT2D eigenvalue weighted by Crippen LogP contribution is 2.38. The Morgan fingerprint density at radius 1 is 1.15 bits per heavy atom. The van der Waals surface area contributed by atoms with Crippen LogP contribution in [0.3, 0.4) is 0 Å². The molecule has 0 aromatic heterocycles. The zero-order chi connectivity index (χ0) is 14.1. The number of fused-ring (bicyclic) bond motifs is 1. The lowest BCUT2D eigenvalue weighted by molar-refractivity contribution is 0.111. The largest absolute Gasteiger partial charge is 0.364 e. The third-order valence-electron chi connectivity index (χ3n) is 4.74. The van der Waals surface area contributed by atoms with E-state index in [1.807, 2.05) is 0 Å². The molecule has 2 unspecified atom stereocenters. The van der Waals surface area contributed by atoms with E-state index >= 15 is 0 Å². The van der Waals surface area contributed by atoms with Crippen molar-refractivity contribution in [2.24, 2.45) is 0 Å². The maximum atomic E-state index is 3.74. The lowest BCUT2D eigenvalue weighted by Crippen LogP contribution is -2.59. The number of nitrogens with zero attached hydrogens (tertiary/aromatic N) is 2. The van der Waals surface area contributed by atoms with Crippen molar-refractivity contribution in [1.82, 2.24) is 4.90 Å². The Labute approximate surface area is 138 Å². The maximum absolute atomic E-state index is 3.74. The molecule has 2 aliphatic rings. The molecule has 0 aliphatic carbocycles. The van der Waals surface area contributed by atoms with Crippen molar-refractivity contribution in [3.63, 3.8) is 0 Å². The molecule has 0 bridgehead atoms. The van der Waals surface area contributed by atoms with Crippen molar-refractivity contribution in [3.8, 4) is 0 Å². The average molecular weight is 402 g/mol. The molecule has 2 saturated heterocycles. The first kappa shape index (κ1) is 14.9. The first-order chi connectivity index (χ1) is 9.70. The Hall–Kier alpha value is -0.0600. The summed E-state index contributed by atoms with van der Waals surface area (Å²) in [6.45, 7) is 5.99. The first-order valence-electron chi connectivity index (χ1n) is 7.65. The summed E-state index contributed by atoms with van der Waals surface area (Å²) < 4.78 is 2.41. The molecule has 1 aromatic rings. The van der Waals surface area contributed by atoms with Gasteiger partial charge < -0.3 is 4.90 Å². The van der Waals surface area contributed by atoms with Crippen LogP contribution in [0.5, 0.6) is 0 Å². The van der Waals surface area contributed by atoms with Gasteiger partial charge in [0.15, 0.2) is 0 Å². The number of hydrogen-bond acceptors (Lipinski definition) is 2. The summed E-state index contributed by atoms with van der Waals surface area (Å²) in [6, 6.07) is 7.76. The molecule has 0 amide bonds. The number of para-hydroxylation sites is 1. The van der Waals surface area contributed by atoms with Gasteiger partial charge in [-0.3, -0.25) is 4.90 Å². The molecule has 110 valence electrons.